The van der Waals surface area contributed by atoms with E-state index in [1.165, 1.54) is 0 Å². The molecule has 1 saturated carbocycles. The fraction of sp³-hybridized carbons (Fsp3) is 0.600. The third-order valence-electron chi connectivity index (χ3n) is 3.22. The first-order valence-electron chi connectivity index (χ1n) is 7.62. The minimum absolute atomic E-state index is 0.177. The smallest absolute Gasteiger partial charge is 0.223 e. The molecule has 1 aliphatic carbocycles. The van der Waals surface area contributed by atoms with Gasteiger partial charge >= 0.3 is 0 Å². The number of amides is 1. The SMILES string of the molecule is CCNC(=NCCc1ccco1)NCCNC(=O)C1CC1. The van der Waals surface area contributed by atoms with Gasteiger partial charge in [-0.15, -0.1) is 0 Å². The van der Waals surface area contributed by atoms with Gasteiger partial charge in [0.15, 0.2) is 5.96 Å². The lowest BCUT2D eigenvalue weighted by Gasteiger charge is -2.11. The summed E-state index contributed by atoms with van der Waals surface area (Å²) in [4.78, 5) is 16.0. The lowest BCUT2D eigenvalue weighted by Crippen LogP contribution is -2.41. The van der Waals surface area contributed by atoms with Crippen LogP contribution in [0, 0.1) is 5.92 Å². The molecule has 2 rings (SSSR count). The summed E-state index contributed by atoms with van der Waals surface area (Å²) in [7, 11) is 0. The Hall–Kier alpha value is -1.98. The molecule has 0 saturated heterocycles. The molecule has 0 atom stereocenters. The van der Waals surface area contributed by atoms with E-state index in [4.69, 9.17) is 4.42 Å². The van der Waals surface area contributed by atoms with E-state index in [1.54, 1.807) is 6.26 Å². The summed E-state index contributed by atoms with van der Waals surface area (Å²) in [6.45, 7) is 4.79. The molecule has 21 heavy (non-hydrogen) atoms. The second kappa shape index (κ2) is 8.34. The highest BCUT2D eigenvalue weighted by atomic mass is 16.3. The Morgan fingerprint density at radius 1 is 1.33 bits per heavy atom. The number of hydrogen-bond donors (Lipinski definition) is 3. The monoisotopic (exact) mass is 292 g/mol. The summed E-state index contributed by atoms with van der Waals surface area (Å²) >= 11 is 0. The molecule has 0 aromatic carbocycles. The molecule has 1 aromatic rings. The molecule has 1 heterocycles. The van der Waals surface area contributed by atoms with Crippen LogP contribution in [-0.2, 0) is 11.2 Å². The molecule has 1 amide bonds. The lowest BCUT2D eigenvalue weighted by molar-refractivity contribution is -0.122. The predicted molar refractivity (Wildman–Crippen MR) is 82.1 cm³/mol. The second-order valence-electron chi connectivity index (χ2n) is 5.08. The molecule has 1 aliphatic rings. The van der Waals surface area contributed by atoms with Crippen molar-refractivity contribution in [1.82, 2.24) is 16.0 Å². The van der Waals surface area contributed by atoms with Gasteiger partial charge in [0, 0.05) is 38.5 Å². The average molecular weight is 292 g/mol. The standard InChI is InChI=1S/C15H24N4O2/c1-2-16-15(18-8-7-13-4-3-11-21-13)19-10-9-17-14(20)12-5-6-12/h3-4,11-12H,2,5-10H2,1H3,(H,17,20)(H2,16,18,19). The lowest BCUT2D eigenvalue weighted by atomic mass is 10.3. The Kier molecular flexibility index (Phi) is 6.12. The number of aliphatic imine (C=N–C) groups is 1. The number of carbonyl (C=O) groups is 1. The van der Waals surface area contributed by atoms with Crippen LogP contribution in [0.4, 0.5) is 0 Å². The van der Waals surface area contributed by atoms with Gasteiger partial charge in [0.25, 0.3) is 0 Å². The van der Waals surface area contributed by atoms with Gasteiger partial charge < -0.3 is 20.4 Å². The molecular weight excluding hydrogens is 268 g/mol. The van der Waals surface area contributed by atoms with Gasteiger partial charge in [0.2, 0.25) is 5.91 Å². The van der Waals surface area contributed by atoms with Gasteiger partial charge in [-0.25, -0.2) is 0 Å². The number of guanidine groups is 1. The van der Waals surface area contributed by atoms with Crippen LogP contribution in [0.1, 0.15) is 25.5 Å². The fourth-order valence-electron chi connectivity index (χ4n) is 1.93. The Balaban J connectivity index is 1.63. The molecular formula is C15H24N4O2. The molecule has 0 unspecified atom stereocenters. The third-order valence-corrected chi connectivity index (χ3v) is 3.22. The molecule has 0 aliphatic heterocycles. The number of rotatable bonds is 8. The summed E-state index contributed by atoms with van der Waals surface area (Å²) in [5.74, 6) is 2.15. The van der Waals surface area contributed by atoms with Crippen molar-refractivity contribution in [2.24, 2.45) is 10.9 Å². The molecule has 0 bridgehead atoms. The quantitative estimate of drug-likeness (QED) is 0.378. The summed E-state index contributed by atoms with van der Waals surface area (Å²) in [6, 6.07) is 3.83. The largest absolute Gasteiger partial charge is 0.469 e. The first kappa shape index (κ1) is 15.4. The summed E-state index contributed by atoms with van der Waals surface area (Å²) in [6.07, 6.45) is 4.53. The van der Waals surface area contributed by atoms with Gasteiger partial charge in [-0.2, -0.15) is 0 Å². The summed E-state index contributed by atoms with van der Waals surface area (Å²) < 4.78 is 5.27. The van der Waals surface area contributed by atoms with Gasteiger partial charge in [-0.05, 0) is 31.9 Å². The van der Waals surface area contributed by atoms with Crippen LogP contribution in [0.15, 0.2) is 27.8 Å². The van der Waals surface area contributed by atoms with Gasteiger partial charge in [0.1, 0.15) is 5.76 Å². The molecule has 0 spiro atoms. The topological polar surface area (TPSA) is 78.7 Å². The predicted octanol–water partition coefficient (Wildman–Crippen LogP) is 0.903. The van der Waals surface area contributed by atoms with Crippen LogP contribution in [-0.4, -0.2) is 38.0 Å². The van der Waals surface area contributed by atoms with Crippen molar-refractivity contribution >= 4 is 11.9 Å². The molecule has 0 radical (unpaired) electrons. The summed E-state index contributed by atoms with van der Waals surface area (Å²) in [5.41, 5.74) is 0. The molecule has 6 heteroatoms. The maximum absolute atomic E-state index is 11.5. The van der Waals surface area contributed by atoms with E-state index in [0.29, 0.717) is 19.6 Å². The van der Waals surface area contributed by atoms with Crippen molar-refractivity contribution in [3.63, 3.8) is 0 Å². The van der Waals surface area contributed by atoms with Crippen molar-refractivity contribution in [1.29, 1.82) is 0 Å². The van der Waals surface area contributed by atoms with Crippen LogP contribution in [0.2, 0.25) is 0 Å². The first-order chi connectivity index (χ1) is 10.3. The number of carbonyl (C=O) groups excluding carboxylic acids is 1. The highest BCUT2D eigenvalue weighted by molar-refractivity contribution is 5.81. The number of furan rings is 1. The van der Waals surface area contributed by atoms with Gasteiger partial charge in [-0.3, -0.25) is 9.79 Å². The number of hydrogen-bond acceptors (Lipinski definition) is 3. The van der Waals surface area contributed by atoms with E-state index in [1.807, 2.05) is 19.1 Å². The van der Waals surface area contributed by atoms with E-state index in [-0.39, 0.29) is 11.8 Å². The van der Waals surface area contributed by atoms with Crippen LogP contribution >= 0.6 is 0 Å². The Morgan fingerprint density at radius 3 is 2.81 bits per heavy atom. The van der Waals surface area contributed by atoms with E-state index in [9.17, 15) is 4.79 Å². The molecule has 1 fully saturated rings. The maximum atomic E-state index is 11.5. The van der Waals surface area contributed by atoms with E-state index in [2.05, 4.69) is 20.9 Å². The number of nitrogens with zero attached hydrogens (tertiary/aromatic N) is 1. The Labute approximate surface area is 125 Å². The number of nitrogens with one attached hydrogen (secondary N) is 3. The minimum Gasteiger partial charge on any atom is -0.469 e. The fourth-order valence-corrected chi connectivity index (χ4v) is 1.93. The average Bonchev–Trinajstić information content (AvgIpc) is 3.21. The van der Waals surface area contributed by atoms with Crippen LogP contribution in [0.25, 0.3) is 0 Å². The van der Waals surface area contributed by atoms with Crippen molar-refractivity contribution in [2.45, 2.75) is 26.2 Å². The molecule has 6 nitrogen and oxygen atoms in total. The second-order valence-corrected chi connectivity index (χ2v) is 5.08. The van der Waals surface area contributed by atoms with Crippen molar-refractivity contribution in [3.05, 3.63) is 24.2 Å². The van der Waals surface area contributed by atoms with E-state index >= 15 is 0 Å². The van der Waals surface area contributed by atoms with Crippen molar-refractivity contribution in [3.8, 4) is 0 Å². The first-order valence-corrected chi connectivity index (χ1v) is 7.62. The van der Waals surface area contributed by atoms with Crippen molar-refractivity contribution in [2.75, 3.05) is 26.2 Å². The normalized spacial score (nSPS) is 14.8. The van der Waals surface area contributed by atoms with E-state index in [0.717, 1.165) is 37.5 Å². The zero-order chi connectivity index (χ0) is 14.9. The highest BCUT2D eigenvalue weighted by Gasteiger charge is 2.28. The molecule has 116 valence electrons. The Bertz CT molecular complexity index is 452. The molecule has 3 N–H and O–H groups in total. The van der Waals surface area contributed by atoms with Crippen LogP contribution in [0.5, 0.6) is 0 Å². The molecule has 1 aromatic heterocycles. The maximum Gasteiger partial charge on any atom is 0.223 e. The third kappa shape index (κ3) is 5.89. The zero-order valence-corrected chi connectivity index (χ0v) is 12.5. The highest BCUT2D eigenvalue weighted by Crippen LogP contribution is 2.28. The van der Waals surface area contributed by atoms with Gasteiger partial charge in [-0.1, -0.05) is 0 Å². The van der Waals surface area contributed by atoms with E-state index < -0.39 is 0 Å². The summed E-state index contributed by atoms with van der Waals surface area (Å²) in [5, 5.41) is 9.31. The van der Waals surface area contributed by atoms with Crippen LogP contribution in [0.3, 0.4) is 0 Å². The van der Waals surface area contributed by atoms with Crippen LogP contribution < -0.4 is 16.0 Å². The Morgan fingerprint density at radius 2 is 2.14 bits per heavy atom. The van der Waals surface area contributed by atoms with Crippen molar-refractivity contribution < 1.29 is 9.21 Å². The minimum atomic E-state index is 0.177. The zero-order valence-electron chi connectivity index (χ0n) is 12.5. The van der Waals surface area contributed by atoms with Gasteiger partial charge in [0.05, 0.1) is 6.26 Å².